The molecule has 116 heavy (non-hydrogen) atoms. The van der Waals surface area contributed by atoms with Crippen LogP contribution < -0.4 is 44.2 Å². The number of nitro groups is 4. The van der Waals surface area contributed by atoms with Crippen LogP contribution in [0.2, 0.25) is 0 Å². The topological polar surface area (TPSA) is 610 Å². The second-order valence-electron chi connectivity index (χ2n) is 30.9. The first-order valence-corrected chi connectivity index (χ1v) is 42.8. The van der Waals surface area contributed by atoms with Crippen molar-refractivity contribution < 1.29 is 91.7 Å². The number of benzene rings is 4. The number of nitrogens with zero attached hydrogens (tertiary/aromatic N) is 8. The van der Waals surface area contributed by atoms with Gasteiger partial charge in [-0.25, -0.2) is 33.7 Å². The average molecular weight is 1710 g/mol. The van der Waals surface area contributed by atoms with Gasteiger partial charge in [-0.05, 0) is 127 Å². The molecule has 4 saturated heterocycles. The first-order valence-electron chi connectivity index (χ1n) is 37.0. The van der Waals surface area contributed by atoms with E-state index in [2.05, 4.69) is 21.3 Å². The molecule has 0 saturated carbocycles. The highest BCUT2D eigenvalue weighted by molar-refractivity contribution is 7.90. The number of carbonyl (C=O) groups is 8. The van der Waals surface area contributed by atoms with Gasteiger partial charge in [-0.1, -0.05) is 132 Å². The zero-order valence-corrected chi connectivity index (χ0v) is 70.4. The lowest BCUT2D eigenvalue weighted by Gasteiger charge is -2.17. The lowest BCUT2D eigenvalue weighted by Crippen LogP contribution is -2.47. The molecular weight excluding hydrogens is 1600 g/mol. The van der Waals surface area contributed by atoms with E-state index in [1.807, 2.05) is 55.4 Å². The number of hydrogen-bond acceptors (Lipinski definition) is 24. The first kappa shape index (κ1) is 96.5. The van der Waals surface area contributed by atoms with Crippen molar-refractivity contribution in [1.82, 2.24) is 38.5 Å². The Kier molecular flexibility index (Phi) is 31.1. The third-order valence-electron chi connectivity index (χ3n) is 20.8. The molecule has 0 aliphatic carbocycles. The third-order valence-corrected chi connectivity index (χ3v) is 28.9. The summed E-state index contributed by atoms with van der Waals surface area (Å²) in [5.74, 6) is -5.12. The van der Waals surface area contributed by atoms with Crippen molar-refractivity contribution in [3.8, 4) is 0 Å². The number of para-hydroxylation sites is 4. The third kappa shape index (κ3) is 20.8. The number of sulfonamides is 4. The molecule has 0 spiro atoms. The van der Waals surface area contributed by atoms with Crippen LogP contribution >= 0.6 is 0 Å². The minimum absolute atomic E-state index is 0.0800. The molecule has 12 N–H and O–H groups in total. The summed E-state index contributed by atoms with van der Waals surface area (Å²) in [6, 6.07) is 11.9. The lowest BCUT2D eigenvalue weighted by molar-refractivity contribution is -0.388. The predicted octanol–water partition coefficient (Wildman–Crippen LogP) is 4.61. The van der Waals surface area contributed by atoms with Gasteiger partial charge in [0.2, 0.25) is 47.3 Å². The molecule has 0 bridgehead atoms. The quantitative estimate of drug-likeness (QED) is 0.0175. The van der Waals surface area contributed by atoms with Gasteiger partial charge in [-0.3, -0.25) is 78.8 Å². The maximum Gasteiger partial charge on any atom is 0.289 e. The van der Waals surface area contributed by atoms with Crippen LogP contribution in [0, 0.1) is 64.1 Å². The van der Waals surface area contributed by atoms with Gasteiger partial charge in [0.1, 0.15) is 48.3 Å². The number of nitrogens with two attached hydrogens (primary N) is 4. The van der Waals surface area contributed by atoms with E-state index in [1.54, 1.807) is 55.4 Å². The van der Waals surface area contributed by atoms with Gasteiger partial charge in [0.05, 0.1) is 41.8 Å². The summed E-state index contributed by atoms with van der Waals surface area (Å²) in [5, 5.41) is 55.2. The zero-order valence-electron chi connectivity index (χ0n) is 67.1. The maximum atomic E-state index is 13.2. The minimum Gasteiger partial charge on any atom is -0.368 e. The van der Waals surface area contributed by atoms with Gasteiger partial charge >= 0.3 is 0 Å². The van der Waals surface area contributed by atoms with Crippen molar-refractivity contribution in [3.05, 3.63) is 138 Å². The van der Waals surface area contributed by atoms with Crippen LogP contribution in [0.25, 0.3) is 0 Å². The summed E-state index contributed by atoms with van der Waals surface area (Å²) in [7, 11) is -17.3. The molecule has 44 heteroatoms. The predicted molar refractivity (Wildman–Crippen MR) is 421 cm³/mol. The van der Waals surface area contributed by atoms with E-state index < -0.39 is 220 Å². The summed E-state index contributed by atoms with van der Waals surface area (Å²) < 4.78 is 109. The zero-order chi connectivity index (χ0) is 88.6. The van der Waals surface area contributed by atoms with Crippen molar-refractivity contribution in [3.63, 3.8) is 0 Å². The molecule has 640 valence electrons. The smallest absolute Gasteiger partial charge is 0.289 e. The Hall–Kier alpha value is -10.1. The second-order valence-corrected chi connectivity index (χ2v) is 38.1. The summed E-state index contributed by atoms with van der Waals surface area (Å²) in [6.45, 7) is 28.1. The largest absolute Gasteiger partial charge is 0.368 e. The van der Waals surface area contributed by atoms with E-state index in [0.29, 0.717) is 51.4 Å². The normalized spacial score (nSPS) is 24.7. The van der Waals surface area contributed by atoms with Gasteiger partial charge in [-0.15, -0.1) is 0 Å². The number of primary amides is 4. The fraction of sp³-hybridized carbons (Fsp3) is 0.556. The molecule has 16 atom stereocenters. The molecule has 8 amide bonds. The molecule has 0 radical (unpaired) electrons. The van der Waals surface area contributed by atoms with Crippen LogP contribution in [0.5, 0.6) is 0 Å². The Morgan fingerprint density at radius 3 is 0.603 bits per heavy atom. The molecule has 4 aliphatic rings. The van der Waals surface area contributed by atoms with Crippen LogP contribution in [0.4, 0.5) is 22.7 Å². The highest BCUT2D eigenvalue weighted by atomic mass is 32.2. The van der Waals surface area contributed by atoms with Gasteiger partial charge in [0.25, 0.3) is 62.8 Å². The molecule has 4 heterocycles. The summed E-state index contributed by atoms with van der Waals surface area (Å²) >= 11 is 0. The van der Waals surface area contributed by atoms with Gasteiger partial charge in [-0.2, -0.15) is 17.2 Å². The molecule has 8 rings (SSSR count). The Morgan fingerprint density at radius 2 is 0.483 bits per heavy atom. The van der Waals surface area contributed by atoms with Gasteiger partial charge in [0.15, 0.2) is 19.6 Å². The fourth-order valence-electron chi connectivity index (χ4n) is 13.8. The fourth-order valence-corrected chi connectivity index (χ4v) is 22.6. The van der Waals surface area contributed by atoms with Crippen LogP contribution in [-0.2, 0) is 78.4 Å². The maximum absolute atomic E-state index is 13.2. The molecule has 4 fully saturated rings. The summed E-state index contributed by atoms with van der Waals surface area (Å²) in [6.07, 6.45) is 2.46. The van der Waals surface area contributed by atoms with Crippen LogP contribution in [0.15, 0.2) is 117 Å². The highest BCUT2D eigenvalue weighted by Gasteiger charge is 2.72. The molecule has 40 nitrogen and oxygen atoms in total. The number of nitro benzene ring substituents is 4. The van der Waals surface area contributed by atoms with Gasteiger partial charge in [0, 0.05) is 24.3 Å². The molecule has 0 aromatic heterocycles. The first-order chi connectivity index (χ1) is 53.5. The van der Waals surface area contributed by atoms with Crippen LogP contribution in [0.1, 0.15) is 162 Å². The van der Waals surface area contributed by atoms with E-state index in [4.69, 9.17) is 22.9 Å². The highest BCUT2D eigenvalue weighted by Crippen LogP contribution is 2.53. The van der Waals surface area contributed by atoms with E-state index >= 15 is 0 Å². The SMILES string of the molecule is CC[C@@]1(C)[C@@H](C(=O)N[C@@H](CC(C)C)C(N)=O)N1S(=O)(=O)c1ccccc1[N+](=O)[O-].CC[C@@]1(C)[C@@H](C(=O)N[C@@H](CC(C)C)C(N)=O)N1S(=O)(=O)c1ccccc1[N+](=O)[O-].CC[C@@]1(C)[C@@H](C(=O)N[C@@H](CC(C)C)C(N)=O)N1S(=O)(=O)c1ccccc1[N+](=O)[O-].CC[C@@]1(C)[C@@H](C(=O)N[C@@H](CC(C)C)C(N)=O)N1S(=O)(=O)c1ccccc1[N+](=O)[O-]. The van der Waals surface area contributed by atoms with Crippen molar-refractivity contribution >= 4 is 110 Å². The van der Waals surface area contributed by atoms with E-state index in [-0.39, 0.29) is 23.7 Å². The molecular formula is C72H104N16O24S4. The lowest BCUT2D eigenvalue weighted by atomic mass is 10.0. The van der Waals surface area contributed by atoms with Crippen molar-refractivity contribution in [2.75, 3.05) is 0 Å². The van der Waals surface area contributed by atoms with Crippen molar-refractivity contribution in [1.29, 1.82) is 0 Å². The Balaban J connectivity index is 0.000000276. The van der Waals surface area contributed by atoms with E-state index in [1.165, 1.54) is 48.5 Å². The summed E-state index contributed by atoms with van der Waals surface area (Å²) in [4.78, 5) is 138. The number of carbonyl (C=O) groups excluding carboxylic acids is 8. The monoisotopic (exact) mass is 1700 g/mol. The average Bonchev–Trinajstić information content (AvgIpc) is 1.55. The number of rotatable bonds is 36. The standard InChI is InChI=1S/4C18H26N4O6S/c4*1-5-18(4)15(17(24)20-12(16(19)23)10-11(2)3)21(18)29(27,28)14-9-7-6-8-13(14)22(25)26/h4*6-9,11-12,15H,5,10H2,1-4H3,(H2,19,23)(H,20,24)/t4*12-,15+,18-,21?/m0000/s1. The Morgan fingerprint density at radius 1 is 0.336 bits per heavy atom. The Labute approximate surface area is 673 Å². The number of amides is 8. The molecule has 4 aromatic carbocycles. The summed E-state index contributed by atoms with van der Waals surface area (Å²) in [5.41, 5.74) is 14.9. The molecule has 4 aliphatic heterocycles. The van der Waals surface area contributed by atoms with Gasteiger partial charge < -0.3 is 44.2 Å². The second kappa shape index (κ2) is 37.4. The van der Waals surface area contributed by atoms with Crippen LogP contribution in [-0.4, -0.2) is 188 Å². The molecule has 4 unspecified atom stereocenters. The Bertz CT molecular complexity index is 4330. The number of hydrogen-bond donors (Lipinski definition) is 8. The van der Waals surface area contributed by atoms with Crippen LogP contribution in [0.3, 0.4) is 0 Å². The van der Waals surface area contributed by atoms with Crippen molar-refractivity contribution in [2.24, 2.45) is 46.6 Å². The van der Waals surface area contributed by atoms with E-state index in [9.17, 15) is 112 Å². The molecule has 4 aromatic rings. The minimum atomic E-state index is -4.32. The van der Waals surface area contributed by atoms with E-state index in [0.717, 1.165) is 65.8 Å². The van der Waals surface area contributed by atoms with Crippen molar-refractivity contribution in [2.45, 2.75) is 252 Å². The number of nitrogens with one attached hydrogen (secondary N) is 4.